The average molecular weight is 381 g/mol. The van der Waals surface area contributed by atoms with E-state index in [1.807, 2.05) is 6.07 Å². The fraction of sp³-hybridized carbons (Fsp3) is 0.500. The van der Waals surface area contributed by atoms with Crippen LogP contribution in [0.2, 0.25) is 0 Å². The number of hydrogen-bond acceptors (Lipinski definition) is 3. The molecule has 1 aliphatic heterocycles. The van der Waals surface area contributed by atoms with Gasteiger partial charge in [0.1, 0.15) is 0 Å². The number of benzene rings is 1. The van der Waals surface area contributed by atoms with Gasteiger partial charge in [0.05, 0.1) is 6.42 Å². The van der Waals surface area contributed by atoms with Gasteiger partial charge in [0.2, 0.25) is 0 Å². The molecule has 0 radical (unpaired) electrons. The number of carboxylic acid groups (broad SMARTS) is 1. The molecule has 1 heterocycles. The first-order valence-corrected chi connectivity index (χ1v) is 6.36. The van der Waals surface area contributed by atoms with E-state index in [-0.39, 0.29) is 81.1 Å². The Morgan fingerprint density at radius 2 is 2.26 bits per heavy atom. The zero-order valence-electron chi connectivity index (χ0n) is 11.3. The molecule has 98 valence electrons. The number of carboxylic acids is 1. The van der Waals surface area contributed by atoms with E-state index in [9.17, 15) is 9.90 Å². The van der Waals surface area contributed by atoms with Crippen molar-refractivity contribution in [1.29, 1.82) is 0 Å². The van der Waals surface area contributed by atoms with E-state index in [0.717, 1.165) is 31.5 Å². The summed E-state index contributed by atoms with van der Waals surface area (Å²) in [6.07, 6.45) is 2.33. The number of likely N-dealkylation sites (tertiary alicyclic amines) is 1. The van der Waals surface area contributed by atoms with Gasteiger partial charge in [-0.25, -0.2) is 0 Å². The summed E-state index contributed by atoms with van der Waals surface area (Å²) in [4.78, 5) is 12.8. The second kappa shape index (κ2) is 8.71. The Kier molecular flexibility index (Phi) is 8.05. The fourth-order valence-corrected chi connectivity index (χ4v) is 2.55. The van der Waals surface area contributed by atoms with Gasteiger partial charge in [-0.05, 0) is 30.9 Å². The van der Waals surface area contributed by atoms with Crippen molar-refractivity contribution in [2.45, 2.75) is 25.2 Å². The van der Waals surface area contributed by atoms with E-state index in [0.29, 0.717) is 12.5 Å². The number of nitrogens with zero attached hydrogens (tertiary/aromatic N) is 1. The van der Waals surface area contributed by atoms with Gasteiger partial charge in [0, 0.05) is 13.1 Å². The molecular formula is C14H18CsNO3. The molecule has 0 bridgehead atoms. The normalized spacial score (nSPS) is 19.7. The minimum absolute atomic E-state index is 0. The number of rotatable bonds is 4. The van der Waals surface area contributed by atoms with Crippen LogP contribution < -0.4 is 74.0 Å². The zero-order valence-corrected chi connectivity index (χ0v) is 17.6. The van der Waals surface area contributed by atoms with Gasteiger partial charge in [-0.2, -0.15) is 0 Å². The number of aliphatic carboxylic acids is 1. The number of hydrogen-bond donors (Lipinski definition) is 1. The molecule has 2 rings (SSSR count). The maximum absolute atomic E-state index is 11.3. The molecule has 0 spiro atoms. The first-order valence-electron chi connectivity index (χ1n) is 6.36. The molecule has 19 heavy (non-hydrogen) atoms. The molecule has 1 saturated heterocycles. The SMILES string of the molecule is O=C(O)CCN1CCCC(c2cccc([O-])c2)C1.[Cs+]. The summed E-state index contributed by atoms with van der Waals surface area (Å²) in [5.41, 5.74) is 1.09. The van der Waals surface area contributed by atoms with Crippen molar-refractivity contribution in [1.82, 2.24) is 4.90 Å². The molecule has 4 nitrogen and oxygen atoms in total. The molecule has 1 fully saturated rings. The third-order valence-electron chi connectivity index (χ3n) is 3.48. The summed E-state index contributed by atoms with van der Waals surface area (Å²) >= 11 is 0. The van der Waals surface area contributed by atoms with Crippen molar-refractivity contribution < 1.29 is 83.9 Å². The summed E-state index contributed by atoms with van der Waals surface area (Å²) in [6.45, 7) is 2.42. The van der Waals surface area contributed by atoms with E-state index >= 15 is 0 Å². The Hall–Kier alpha value is 0.502. The Labute approximate surface area is 172 Å². The Morgan fingerprint density at radius 1 is 1.47 bits per heavy atom. The van der Waals surface area contributed by atoms with Crippen LogP contribution in [0, 0.1) is 0 Å². The van der Waals surface area contributed by atoms with Crippen molar-refractivity contribution in [2.24, 2.45) is 0 Å². The summed E-state index contributed by atoms with van der Waals surface area (Å²) < 4.78 is 0. The van der Waals surface area contributed by atoms with Crippen molar-refractivity contribution in [3.05, 3.63) is 29.8 Å². The van der Waals surface area contributed by atoms with Crippen molar-refractivity contribution in [2.75, 3.05) is 19.6 Å². The molecule has 1 aromatic carbocycles. The minimum atomic E-state index is -0.751. The van der Waals surface area contributed by atoms with Crippen molar-refractivity contribution >= 4 is 5.97 Å². The van der Waals surface area contributed by atoms with Gasteiger partial charge in [-0.15, -0.1) is 5.75 Å². The third-order valence-corrected chi connectivity index (χ3v) is 3.48. The molecule has 5 heteroatoms. The Bertz CT molecular complexity index is 425. The van der Waals surface area contributed by atoms with E-state index in [1.54, 1.807) is 18.2 Å². The van der Waals surface area contributed by atoms with Gasteiger partial charge in [-0.3, -0.25) is 4.79 Å². The van der Waals surface area contributed by atoms with E-state index in [1.165, 1.54) is 0 Å². The van der Waals surface area contributed by atoms with E-state index in [2.05, 4.69) is 4.90 Å². The number of carbonyl (C=O) groups is 1. The predicted octanol–water partition coefficient (Wildman–Crippen LogP) is -1.58. The van der Waals surface area contributed by atoms with Crippen molar-refractivity contribution in [3.63, 3.8) is 0 Å². The second-order valence-electron chi connectivity index (χ2n) is 4.86. The fourth-order valence-electron chi connectivity index (χ4n) is 2.55. The van der Waals surface area contributed by atoms with Crippen molar-refractivity contribution in [3.8, 4) is 5.75 Å². The van der Waals surface area contributed by atoms with Crippen LogP contribution in [0.15, 0.2) is 24.3 Å². The first kappa shape index (κ1) is 17.6. The van der Waals surface area contributed by atoms with Gasteiger partial charge < -0.3 is 15.1 Å². The van der Waals surface area contributed by atoms with E-state index < -0.39 is 5.97 Å². The van der Waals surface area contributed by atoms with Crippen LogP contribution in [0.3, 0.4) is 0 Å². The summed E-state index contributed by atoms with van der Waals surface area (Å²) in [7, 11) is 0. The molecule has 1 atom stereocenters. The maximum Gasteiger partial charge on any atom is 1.00 e. The van der Waals surface area contributed by atoms with Crippen LogP contribution in [0.5, 0.6) is 5.75 Å². The second-order valence-corrected chi connectivity index (χ2v) is 4.86. The van der Waals surface area contributed by atoms with Gasteiger partial charge in [-0.1, -0.05) is 24.3 Å². The van der Waals surface area contributed by atoms with Gasteiger partial charge in [0.25, 0.3) is 0 Å². The molecule has 0 amide bonds. The van der Waals surface area contributed by atoms with Crippen LogP contribution >= 0.6 is 0 Å². The topological polar surface area (TPSA) is 63.6 Å². The molecule has 0 aromatic heterocycles. The van der Waals surface area contributed by atoms with Gasteiger partial charge >= 0.3 is 74.9 Å². The molecule has 1 aliphatic rings. The molecular weight excluding hydrogens is 363 g/mol. The maximum atomic E-state index is 11.3. The van der Waals surface area contributed by atoms with Crippen LogP contribution in [0.25, 0.3) is 0 Å². The number of piperidine rings is 1. The largest absolute Gasteiger partial charge is 1.00 e. The third kappa shape index (κ3) is 5.79. The molecule has 0 saturated carbocycles. The molecule has 0 aliphatic carbocycles. The molecule has 1 aromatic rings. The van der Waals surface area contributed by atoms with Crippen LogP contribution in [-0.4, -0.2) is 35.6 Å². The Morgan fingerprint density at radius 3 is 2.95 bits per heavy atom. The smallest absolute Gasteiger partial charge is 0.872 e. The summed E-state index contributed by atoms with van der Waals surface area (Å²) in [5, 5.41) is 20.0. The summed E-state index contributed by atoms with van der Waals surface area (Å²) in [5.74, 6) is -0.338. The molecule has 1 unspecified atom stereocenters. The van der Waals surface area contributed by atoms with Crippen LogP contribution in [-0.2, 0) is 4.79 Å². The standard InChI is InChI=1S/C14H19NO3.Cs/c16-13-5-1-3-11(9-13)12-4-2-7-15(10-12)8-6-14(17)18;/h1,3,5,9,12,16H,2,4,6-8,10H2,(H,17,18);/q;+1/p-1. The first-order chi connectivity index (χ1) is 8.65. The van der Waals surface area contributed by atoms with Gasteiger partial charge in [0.15, 0.2) is 0 Å². The summed E-state index contributed by atoms with van der Waals surface area (Å²) in [6, 6.07) is 7.06. The predicted molar refractivity (Wildman–Crippen MR) is 66.6 cm³/mol. The van der Waals surface area contributed by atoms with Crippen LogP contribution in [0.4, 0.5) is 0 Å². The quantitative estimate of drug-likeness (QED) is 0.684. The average Bonchev–Trinajstić information content (AvgIpc) is 2.37. The minimum Gasteiger partial charge on any atom is -0.872 e. The Balaban J connectivity index is 0.00000180. The zero-order chi connectivity index (χ0) is 13.0. The van der Waals surface area contributed by atoms with E-state index in [4.69, 9.17) is 5.11 Å². The van der Waals surface area contributed by atoms with Crippen LogP contribution in [0.1, 0.15) is 30.7 Å². The monoisotopic (exact) mass is 381 g/mol. The molecule has 1 N–H and O–H groups in total.